The summed E-state index contributed by atoms with van der Waals surface area (Å²) in [5.41, 5.74) is 1.12. The van der Waals surface area contributed by atoms with Crippen molar-refractivity contribution >= 4 is 39.4 Å². The average molecular weight is 330 g/mol. The molecule has 2 bridgehead atoms. The number of aromatic nitrogens is 1. The molecular formula is C16H18N4O2S. The lowest BCUT2D eigenvalue weighted by atomic mass is 9.97. The lowest BCUT2D eigenvalue weighted by Crippen LogP contribution is -2.47. The molecule has 2 aliphatic heterocycles. The van der Waals surface area contributed by atoms with Crippen LogP contribution in [0.25, 0.3) is 10.1 Å². The molecule has 0 saturated carbocycles. The van der Waals surface area contributed by atoms with E-state index in [-0.39, 0.29) is 11.9 Å². The molecule has 6 nitrogen and oxygen atoms in total. The van der Waals surface area contributed by atoms with Gasteiger partial charge in [-0.1, -0.05) is 0 Å². The molecule has 2 N–H and O–H groups in total. The van der Waals surface area contributed by atoms with Crippen molar-refractivity contribution < 1.29 is 9.59 Å². The highest BCUT2D eigenvalue weighted by atomic mass is 32.1. The molecule has 3 unspecified atom stereocenters. The van der Waals surface area contributed by atoms with Gasteiger partial charge in [-0.3, -0.25) is 9.59 Å². The molecule has 2 saturated heterocycles. The fraction of sp³-hybridized carbons (Fsp3) is 0.438. The Morgan fingerprint density at radius 1 is 1.43 bits per heavy atom. The molecule has 2 aliphatic rings. The molecule has 2 amide bonds. The minimum absolute atomic E-state index is 0.136. The van der Waals surface area contributed by atoms with Crippen molar-refractivity contribution in [2.45, 2.75) is 18.9 Å². The second kappa shape index (κ2) is 5.90. The van der Waals surface area contributed by atoms with Gasteiger partial charge in [-0.15, -0.1) is 11.3 Å². The maximum absolute atomic E-state index is 12.5. The molecule has 4 heterocycles. The first-order valence-electron chi connectivity index (χ1n) is 7.83. The van der Waals surface area contributed by atoms with Crippen LogP contribution in [0, 0.1) is 5.92 Å². The Labute approximate surface area is 137 Å². The van der Waals surface area contributed by atoms with E-state index in [1.165, 1.54) is 24.3 Å². The number of hydrogen-bond acceptors (Lipinski definition) is 5. The monoisotopic (exact) mass is 330 g/mol. The number of amides is 2. The van der Waals surface area contributed by atoms with E-state index >= 15 is 0 Å². The number of carbonyl (C=O) groups excluding carboxylic acids is 2. The molecule has 4 rings (SSSR count). The zero-order chi connectivity index (χ0) is 15.8. The molecule has 2 aromatic heterocycles. The normalized spacial score (nSPS) is 26.2. The third kappa shape index (κ3) is 2.82. The standard InChI is InChI=1S/C16H18N4O2S/c21-9-18-14-8-23-15-5-17-13(4-12(14)15)16(22)19-11-3-10-1-2-20(6-10)7-11/h4-5,8-11H,1-3,6-7H2,(H,18,21)(H,19,22). The van der Waals surface area contributed by atoms with Gasteiger partial charge in [0.25, 0.3) is 5.91 Å². The summed E-state index contributed by atoms with van der Waals surface area (Å²) >= 11 is 1.50. The summed E-state index contributed by atoms with van der Waals surface area (Å²) in [5.74, 6) is 0.576. The van der Waals surface area contributed by atoms with Gasteiger partial charge in [-0.05, 0) is 31.4 Å². The summed E-state index contributed by atoms with van der Waals surface area (Å²) in [5, 5.41) is 8.49. The number of pyridine rings is 1. The second-order valence-corrected chi connectivity index (χ2v) is 7.21. The van der Waals surface area contributed by atoms with Crippen molar-refractivity contribution in [2.75, 3.05) is 25.0 Å². The van der Waals surface area contributed by atoms with Crippen molar-refractivity contribution in [3.8, 4) is 0 Å². The van der Waals surface area contributed by atoms with Crippen molar-refractivity contribution in [3.05, 3.63) is 23.3 Å². The number of carbonyl (C=O) groups is 2. The number of fused-ring (bicyclic) bond motifs is 3. The molecule has 3 atom stereocenters. The van der Waals surface area contributed by atoms with Gasteiger partial charge in [-0.25, -0.2) is 4.98 Å². The van der Waals surface area contributed by atoms with Crippen LogP contribution in [0.5, 0.6) is 0 Å². The lowest BCUT2D eigenvalue weighted by molar-refractivity contribution is -0.105. The molecule has 7 heteroatoms. The van der Waals surface area contributed by atoms with Gasteiger partial charge in [0.05, 0.1) is 10.4 Å². The van der Waals surface area contributed by atoms with E-state index in [2.05, 4.69) is 20.5 Å². The molecule has 0 spiro atoms. The smallest absolute Gasteiger partial charge is 0.270 e. The van der Waals surface area contributed by atoms with E-state index in [0.717, 1.165) is 35.3 Å². The Morgan fingerprint density at radius 3 is 3.17 bits per heavy atom. The third-order valence-corrected chi connectivity index (χ3v) is 5.64. The predicted octanol–water partition coefficient (Wildman–Crippen LogP) is 1.69. The van der Waals surface area contributed by atoms with E-state index in [1.807, 2.05) is 5.38 Å². The van der Waals surface area contributed by atoms with Crippen LogP contribution >= 0.6 is 11.3 Å². The minimum Gasteiger partial charge on any atom is -0.347 e. The van der Waals surface area contributed by atoms with Gasteiger partial charge in [0.2, 0.25) is 6.41 Å². The Hall–Kier alpha value is -1.99. The van der Waals surface area contributed by atoms with Crippen LogP contribution in [0.3, 0.4) is 0 Å². The zero-order valence-corrected chi connectivity index (χ0v) is 13.4. The molecule has 0 aliphatic carbocycles. The van der Waals surface area contributed by atoms with E-state index < -0.39 is 0 Å². The molecule has 23 heavy (non-hydrogen) atoms. The van der Waals surface area contributed by atoms with E-state index in [4.69, 9.17) is 0 Å². The molecule has 2 fully saturated rings. The van der Waals surface area contributed by atoms with E-state index in [1.54, 1.807) is 12.3 Å². The van der Waals surface area contributed by atoms with Crippen LogP contribution in [0.1, 0.15) is 23.3 Å². The Morgan fingerprint density at radius 2 is 2.35 bits per heavy atom. The van der Waals surface area contributed by atoms with Gasteiger partial charge in [0.15, 0.2) is 0 Å². The third-order valence-electron chi connectivity index (χ3n) is 4.71. The first-order chi connectivity index (χ1) is 11.2. The number of piperidine rings is 1. The molecule has 0 aromatic carbocycles. The van der Waals surface area contributed by atoms with Gasteiger partial charge >= 0.3 is 0 Å². The highest BCUT2D eigenvalue weighted by molar-refractivity contribution is 7.17. The largest absolute Gasteiger partial charge is 0.347 e. The fourth-order valence-electron chi connectivity index (χ4n) is 3.66. The first-order valence-corrected chi connectivity index (χ1v) is 8.71. The number of thiophene rings is 1. The van der Waals surface area contributed by atoms with Crippen LogP contribution < -0.4 is 10.6 Å². The zero-order valence-electron chi connectivity index (χ0n) is 12.6. The Balaban J connectivity index is 1.52. The summed E-state index contributed by atoms with van der Waals surface area (Å²) in [6.45, 7) is 3.25. The fourth-order valence-corrected chi connectivity index (χ4v) is 4.51. The summed E-state index contributed by atoms with van der Waals surface area (Å²) in [6, 6.07) is 1.96. The van der Waals surface area contributed by atoms with Crippen molar-refractivity contribution in [1.29, 1.82) is 0 Å². The van der Waals surface area contributed by atoms with E-state index in [9.17, 15) is 9.59 Å². The summed E-state index contributed by atoms with van der Waals surface area (Å²) in [6.07, 6.45) is 4.64. The van der Waals surface area contributed by atoms with Gasteiger partial charge in [-0.2, -0.15) is 0 Å². The maximum Gasteiger partial charge on any atom is 0.270 e. The van der Waals surface area contributed by atoms with Crippen molar-refractivity contribution in [1.82, 2.24) is 15.2 Å². The average Bonchev–Trinajstić information content (AvgIpc) is 3.10. The SMILES string of the molecule is O=CNc1csc2cnc(C(=O)NC3CC4CCN(C4)C3)cc12. The van der Waals surface area contributed by atoms with Gasteiger partial charge < -0.3 is 15.5 Å². The van der Waals surface area contributed by atoms with Crippen LogP contribution in [0.2, 0.25) is 0 Å². The van der Waals surface area contributed by atoms with Crippen molar-refractivity contribution in [2.24, 2.45) is 5.92 Å². The highest BCUT2D eigenvalue weighted by Gasteiger charge is 2.33. The molecular weight excluding hydrogens is 312 g/mol. The quantitative estimate of drug-likeness (QED) is 0.837. The topological polar surface area (TPSA) is 74.3 Å². The molecule has 2 aromatic rings. The Bertz CT molecular complexity index is 748. The maximum atomic E-state index is 12.5. The summed E-state index contributed by atoms with van der Waals surface area (Å²) in [7, 11) is 0. The number of nitrogens with one attached hydrogen (secondary N) is 2. The molecule has 120 valence electrons. The molecule has 0 radical (unpaired) electrons. The van der Waals surface area contributed by atoms with Gasteiger partial charge in [0, 0.05) is 36.1 Å². The van der Waals surface area contributed by atoms with Gasteiger partial charge in [0.1, 0.15) is 5.69 Å². The first kappa shape index (κ1) is 14.6. The van der Waals surface area contributed by atoms with Crippen LogP contribution in [-0.2, 0) is 4.79 Å². The van der Waals surface area contributed by atoms with Crippen molar-refractivity contribution in [3.63, 3.8) is 0 Å². The second-order valence-electron chi connectivity index (χ2n) is 6.30. The van der Waals surface area contributed by atoms with E-state index in [0.29, 0.717) is 18.0 Å². The van der Waals surface area contributed by atoms with Crippen LogP contribution in [0.4, 0.5) is 5.69 Å². The van der Waals surface area contributed by atoms with Crippen LogP contribution in [-0.4, -0.2) is 47.9 Å². The summed E-state index contributed by atoms with van der Waals surface area (Å²) in [4.78, 5) is 29.8. The predicted molar refractivity (Wildman–Crippen MR) is 89.7 cm³/mol. The summed E-state index contributed by atoms with van der Waals surface area (Å²) < 4.78 is 0.952. The number of rotatable bonds is 4. The minimum atomic E-state index is -0.136. The number of anilines is 1. The number of nitrogens with zero attached hydrogens (tertiary/aromatic N) is 2. The van der Waals surface area contributed by atoms with Crippen LogP contribution in [0.15, 0.2) is 17.6 Å². The number of hydrogen-bond donors (Lipinski definition) is 2. The lowest BCUT2D eigenvalue weighted by Gasteiger charge is -2.30. The highest BCUT2D eigenvalue weighted by Crippen LogP contribution is 2.30. The Kier molecular flexibility index (Phi) is 3.74.